The fraction of sp³-hybridized carbons (Fsp3) is 0.265. The van der Waals surface area contributed by atoms with Gasteiger partial charge in [-0.1, -0.05) is 12.1 Å². The van der Waals surface area contributed by atoms with Gasteiger partial charge in [-0.3, -0.25) is 9.59 Å². The van der Waals surface area contributed by atoms with Crippen LogP contribution in [0.3, 0.4) is 0 Å². The molecule has 0 bridgehead atoms. The molecule has 3 aromatic carbocycles. The number of carbonyl (C=O) groups is 2. The van der Waals surface area contributed by atoms with Gasteiger partial charge in [0, 0.05) is 41.3 Å². The summed E-state index contributed by atoms with van der Waals surface area (Å²) in [5.41, 5.74) is 8.77. The maximum absolute atomic E-state index is 12.7. The Labute approximate surface area is 246 Å². The van der Waals surface area contributed by atoms with Gasteiger partial charge in [-0.05, 0) is 111 Å². The van der Waals surface area contributed by atoms with Gasteiger partial charge in [-0.2, -0.15) is 5.10 Å². The topological polar surface area (TPSA) is 85.2 Å². The number of ether oxygens (including phenoxy) is 2. The maximum Gasteiger partial charge on any atom is 0.271 e. The normalized spacial score (nSPS) is 13.3. The first-order valence-corrected chi connectivity index (χ1v) is 14.2. The quantitative estimate of drug-likeness (QED) is 0.198. The molecule has 42 heavy (non-hydrogen) atoms. The molecule has 0 atom stereocenters. The average Bonchev–Trinajstić information content (AvgIpc) is 3.37. The number of piperidine rings is 1. The number of benzene rings is 3. The van der Waals surface area contributed by atoms with Crippen molar-refractivity contribution in [1.29, 1.82) is 0 Å². The van der Waals surface area contributed by atoms with Crippen molar-refractivity contribution in [2.45, 2.75) is 39.7 Å². The van der Waals surface area contributed by atoms with Gasteiger partial charge < -0.3 is 18.9 Å². The number of aryl methyl sites for hydroxylation is 2. The number of aromatic nitrogens is 1. The Morgan fingerprint density at radius 3 is 2.17 bits per heavy atom. The van der Waals surface area contributed by atoms with Crippen molar-refractivity contribution in [3.8, 4) is 17.2 Å². The Hall–Kier alpha value is -4.85. The van der Waals surface area contributed by atoms with Gasteiger partial charge in [0.25, 0.3) is 11.8 Å². The molecule has 1 N–H and O–H groups in total. The number of carbonyl (C=O) groups excluding carboxylic acids is 2. The lowest BCUT2D eigenvalue weighted by atomic mass is 10.1. The minimum atomic E-state index is -0.297. The third-order valence-corrected chi connectivity index (χ3v) is 7.46. The molecule has 216 valence electrons. The minimum absolute atomic E-state index is 0.0909. The van der Waals surface area contributed by atoms with Gasteiger partial charge in [-0.15, -0.1) is 0 Å². The molecular formula is C34H36N4O4. The zero-order chi connectivity index (χ0) is 29.5. The fourth-order valence-corrected chi connectivity index (χ4v) is 5.14. The van der Waals surface area contributed by atoms with Crippen molar-refractivity contribution in [3.05, 3.63) is 113 Å². The number of hydrazone groups is 1. The number of nitrogens with zero attached hydrogens (tertiary/aromatic N) is 3. The number of likely N-dealkylation sites (tertiary alicyclic amines) is 1. The van der Waals surface area contributed by atoms with E-state index >= 15 is 0 Å². The summed E-state index contributed by atoms with van der Waals surface area (Å²) in [5, 5.41) is 4.12. The predicted molar refractivity (Wildman–Crippen MR) is 164 cm³/mol. The molecule has 1 aliphatic heterocycles. The smallest absolute Gasteiger partial charge is 0.271 e. The molecule has 2 amide bonds. The van der Waals surface area contributed by atoms with Crippen LogP contribution in [0.25, 0.3) is 5.69 Å². The lowest BCUT2D eigenvalue weighted by Crippen LogP contribution is -2.35. The highest BCUT2D eigenvalue weighted by Gasteiger charge is 2.18. The lowest BCUT2D eigenvalue weighted by Gasteiger charge is -2.26. The first-order chi connectivity index (χ1) is 20.4. The molecule has 1 fully saturated rings. The zero-order valence-electron chi connectivity index (χ0n) is 24.3. The molecule has 5 rings (SSSR count). The highest BCUT2D eigenvalue weighted by atomic mass is 16.5. The van der Waals surface area contributed by atoms with E-state index in [1.165, 1.54) is 6.42 Å². The van der Waals surface area contributed by atoms with E-state index in [0.717, 1.165) is 54.1 Å². The van der Waals surface area contributed by atoms with Crippen molar-refractivity contribution >= 4 is 18.0 Å². The van der Waals surface area contributed by atoms with Gasteiger partial charge in [-0.25, -0.2) is 5.43 Å². The van der Waals surface area contributed by atoms with E-state index in [1.54, 1.807) is 37.6 Å². The van der Waals surface area contributed by atoms with Crippen LogP contribution in [-0.4, -0.2) is 47.7 Å². The number of nitrogens with one attached hydrogen (secondary N) is 1. The van der Waals surface area contributed by atoms with Crippen LogP contribution in [0.5, 0.6) is 11.5 Å². The summed E-state index contributed by atoms with van der Waals surface area (Å²) in [5.74, 6) is 0.927. The van der Waals surface area contributed by atoms with E-state index in [4.69, 9.17) is 9.47 Å². The molecule has 0 spiro atoms. The third-order valence-electron chi connectivity index (χ3n) is 7.46. The number of hydrogen-bond donors (Lipinski definition) is 1. The summed E-state index contributed by atoms with van der Waals surface area (Å²) in [7, 11) is 1.58. The second kappa shape index (κ2) is 13.2. The second-order valence-corrected chi connectivity index (χ2v) is 10.4. The van der Waals surface area contributed by atoms with Crippen LogP contribution in [0.1, 0.15) is 62.5 Å². The highest BCUT2D eigenvalue weighted by Crippen LogP contribution is 2.28. The largest absolute Gasteiger partial charge is 0.493 e. The van der Waals surface area contributed by atoms with E-state index in [1.807, 2.05) is 47.4 Å². The number of amides is 2. The number of rotatable bonds is 9. The monoisotopic (exact) mass is 564 g/mol. The number of methoxy groups -OCH3 is 1. The van der Waals surface area contributed by atoms with Gasteiger partial charge in [0.1, 0.15) is 6.61 Å². The third kappa shape index (κ3) is 6.71. The molecule has 0 unspecified atom stereocenters. The van der Waals surface area contributed by atoms with E-state index in [2.05, 4.69) is 41.1 Å². The molecule has 8 nitrogen and oxygen atoms in total. The SMILES string of the molecule is COc1cc(/C=N\NC(=O)c2ccc(-n3c(C)ccc3C)cc2)ccc1OCc1ccc(C(=O)N2CCCCC2)cc1. The Morgan fingerprint density at radius 2 is 1.50 bits per heavy atom. The summed E-state index contributed by atoms with van der Waals surface area (Å²) in [6.07, 6.45) is 4.90. The molecule has 8 heteroatoms. The van der Waals surface area contributed by atoms with Crippen LogP contribution in [-0.2, 0) is 6.61 Å². The van der Waals surface area contributed by atoms with Crippen LogP contribution < -0.4 is 14.9 Å². The Kier molecular flexibility index (Phi) is 9.02. The van der Waals surface area contributed by atoms with E-state index in [9.17, 15) is 9.59 Å². The molecule has 1 aromatic heterocycles. The Balaban J connectivity index is 1.15. The first kappa shape index (κ1) is 28.7. The summed E-state index contributed by atoms with van der Waals surface area (Å²) < 4.78 is 13.7. The minimum Gasteiger partial charge on any atom is -0.493 e. The summed E-state index contributed by atoms with van der Waals surface area (Å²) in [4.78, 5) is 27.2. The molecule has 0 aliphatic carbocycles. The van der Waals surface area contributed by atoms with Crippen molar-refractivity contribution < 1.29 is 19.1 Å². The van der Waals surface area contributed by atoms with Crippen LogP contribution in [0.4, 0.5) is 0 Å². The lowest BCUT2D eigenvalue weighted by molar-refractivity contribution is 0.0724. The predicted octanol–water partition coefficient (Wildman–Crippen LogP) is 6.07. The Bertz CT molecular complexity index is 1550. The van der Waals surface area contributed by atoms with Gasteiger partial charge >= 0.3 is 0 Å². The highest BCUT2D eigenvalue weighted by molar-refractivity contribution is 5.95. The molecule has 0 radical (unpaired) electrons. The van der Waals surface area contributed by atoms with Gasteiger partial charge in [0.05, 0.1) is 13.3 Å². The van der Waals surface area contributed by atoms with E-state index in [-0.39, 0.29) is 11.8 Å². The zero-order valence-corrected chi connectivity index (χ0v) is 24.3. The summed E-state index contributed by atoms with van der Waals surface area (Å²) >= 11 is 0. The molecular weight excluding hydrogens is 528 g/mol. The van der Waals surface area contributed by atoms with Crippen LogP contribution >= 0.6 is 0 Å². The van der Waals surface area contributed by atoms with E-state index in [0.29, 0.717) is 29.2 Å². The van der Waals surface area contributed by atoms with Crippen molar-refractivity contribution in [3.63, 3.8) is 0 Å². The molecule has 4 aromatic rings. The van der Waals surface area contributed by atoms with Crippen molar-refractivity contribution in [2.75, 3.05) is 20.2 Å². The number of hydrogen-bond acceptors (Lipinski definition) is 5. The fourth-order valence-electron chi connectivity index (χ4n) is 5.14. The van der Waals surface area contributed by atoms with Crippen molar-refractivity contribution in [2.24, 2.45) is 5.10 Å². The Morgan fingerprint density at radius 1 is 0.833 bits per heavy atom. The molecule has 2 heterocycles. The second-order valence-electron chi connectivity index (χ2n) is 10.4. The first-order valence-electron chi connectivity index (χ1n) is 14.2. The molecule has 1 aliphatic rings. The average molecular weight is 565 g/mol. The van der Waals surface area contributed by atoms with Crippen LogP contribution in [0, 0.1) is 13.8 Å². The summed E-state index contributed by atoms with van der Waals surface area (Å²) in [6.45, 7) is 6.10. The molecule has 1 saturated heterocycles. The van der Waals surface area contributed by atoms with Gasteiger partial charge in [0.2, 0.25) is 0 Å². The van der Waals surface area contributed by atoms with E-state index < -0.39 is 0 Å². The van der Waals surface area contributed by atoms with Gasteiger partial charge in [0.15, 0.2) is 11.5 Å². The van der Waals surface area contributed by atoms with Crippen LogP contribution in [0.2, 0.25) is 0 Å². The van der Waals surface area contributed by atoms with Crippen LogP contribution in [0.15, 0.2) is 84.0 Å². The molecule has 0 saturated carbocycles. The maximum atomic E-state index is 12.7. The van der Waals surface area contributed by atoms with Crippen molar-refractivity contribution in [1.82, 2.24) is 14.9 Å². The standard InChI is InChI=1S/C34H36N4O4/c1-24-7-8-25(2)38(24)30-16-14-28(15-17-30)33(39)36-35-22-27-11-18-31(32(21-27)41-3)42-23-26-9-12-29(13-10-26)34(40)37-19-5-4-6-20-37/h7-18,21-22H,4-6,19-20,23H2,1-3H3,(H,36,39)/b35-22-. The summed E-state index contributed by atoms with van der Waals surface area (Å²) in [6, 6.07) is 24.5.